The molecule has 2 N–H and O–H groups in total. The largest absolute Gasteiger partial charge is 0.343 e. The molecule has 130 valence electrons. The third-order valence-electron chi connectivity index (χ3n) is 4.45. The molecular formula is C21H19FN4. The number of fused-ring (bicyclic) bond motifs is 1. The van der Waals surface area contributed by atoms with Crippen molar-refractivity contribution in [3.63, 3.8) is 0 Å². The minimum absolute atomic E-state index is 0.262. The van der Waals surface area contributed by atoms with Gasteiger partial charge in [0, 0.05) is 17.8 Å². The molecule has 0 aliphatic carbocycles. The summed E-state index contributed by atoms with van der Waals surface area (Å²) >= 11 is 0. The molecule has 0 bridgehead atoms. The molecule has 0 spiro atoms. The first kappa shape index (κ1) is 16.3. The molecule has 2 heterocycles. The molecule has 0 unspecified atom stereocenters. The molecule has 0 fully saturated rings. The van der Waals surface area contributed by atoms with Crippen LogP contribution in [0.5, 0.6) is 0 Å². The minimum Gasteiger partial charge on any atom is -0.343 e. The van der Waals surface area contributed by atoms with Gasteiger partial charge in [0.15, 0.2) is 0 Å². The molecule has 0 saturated heterocycles. The van der Waals surface area contributed by atoms with Crippen molar-refractivity contribution >= 4 is 22.5 Å². The van der Waals surface area contributed by atoms with Crippen LogP contribution in [-0.2, 0) is 6.42 Å². The van der Waals surface area contributed by atoms with E-state index in [2.05, 4.69) is 39.3 Å². The summed E-state index contributed by atoms with van der Waals surface area (Å²) in [5.74, 6) is 1.14. The predicted octanol–water partition coefficient (Wildman–Crippen LogP) is 5.05. The zero-order valence-corrected chi connectivity index (χ0v) is 14.7. The lowest BCUT2D eigenvalue weighted by molar-refractivity contribution is 0.628. The fourth-order valence-corrected chi connectivity index (χ4v) is 3.14. The number of halogens is 1. The number of aryl methyl sites for hydroxylation is 2. The van der Waals surface area contributed by atoms with Gasteiger partial charge in [-0.15, -0.1) is 0 Å². The monoisotopic (exact) mass is 346 g/mol. The van der Waals surface area contributed by atoms with Gasteiger partial charge in [0.1, 0.15) is 23.1 Å². The fourth-order valence-electron chi connectivity index (χ4n) is 3.14. The molecule has 0 aliphatic heterocycles. The third kappa shape index (κ3) is 3.16. The van der Waals surface area contributed by atoms with Crippen molar-refractivity contribution in [2.24, 2.45) is 0 Å². The summed E-state index contributed by atoms with van der Waals surface area (Å²) in [6.45, 7) is 3.94. The van der Waals surface area contributed by atoms with Crippen LogP contribution in [0.4, 0.5) is 15.9 Å². The minimum atomic E-state index is -0.262. The molecule has 4 aromatic rings. The molecule has 0 atom stereocenters. The van der Waals surface area contributed by atoms with E-state index in [1.54, 1.807) is 12.1 Å². The number of anilines is 2. The Labute approximate surface area is 151 Å². The van der Waals surface area contributed by atoms with Gasteiger partial charge in [0.2, 0.25) is 0 Å². The van der Waals surface area contributed by atoms with Gasteiger partial charge in [-0.05, 0) is 49.2 Å². The van der Waals surface area contributed by atoms with E-state index in [4.69, 9.17) is 0 Å². The van der Waals surface area contributed by atoms with Crippen LogP contribution in [0.2, 0.25) is 0 Å². The molecule has 5 heteroatoms. The van der Waals surface area contributed by atoms with Crippen LogP contribution in [-0.4, -0.2) is 15.0 Å². The Morgan fingerprint density at radius 3 is 2.42 bits per heavy atom. The Bertz CT molecular complexity index is 1050. The van der Waals surface area contributed by atoms with Crippen LogP contribution >= 0.6 is 0 Å². The van der Waals surface area contributed by atoms with E-state index >= 15 is 0 Å². The van der Waals surface area contributed by atoms with Gasteiger partial charge in [-0.1, -0.05) is 30.3 Å². The number of nitrogens with zero attached hydrogens (tertiary/aromatic N) is 2. The highest BCUT2D eigenvalue weighted by molar-refractivity contribution is 5.93. The van der Waals surface area contributed by atoms with E-state index in [-0.39, 0.29) is 5.82 Å². The molecule has 0 radical (unpaired) electrons. The topological polar surface area (TPSA) is 53.6 Å². The van der Waals surface area contributed by atoms with Crippen molar-refractivity contribution < 1.29 is 4.39 Å². The number of aromatic nitrogens is 3. The molecule has 2 aromatic carbocycles. The number of rotatable bonds is 4. The molecule has 2 aromatic heterocycles. The summed E-state index contributed by atoms with van der Waals surface area (Å²) in [4.78, 5) is 12.6. The zero-order valence-electron chi connectivity index (χ0n) is 14.7. The van der Waals surface area contributed by atoms with Crippen LogP contribution in [0.15, 0.2) is 54.6 Å². The van der Waals surface area contributed by atoms with Crippen LogP contribution in [0.3, 0.4) is 0 Å². The summed E-state index contributed by atoms with van der Waals surface area (Å²) in [5.41, 5.74) is 5.07. The Morgan fingerprint density at radius 2 is 1.69 bits per heavy atom. The lowest BCUT2D eigenvalue weighted by Gasteiger charge is -2.08. The number of hydrogen-bond donors (Lipinski definition) is 2. The lowest BCUT2D eigenvalue weighted by Crippen LogP contribution is -1.98. The molecule has 26 heavy (non-hydrogen) atoms. The van der Waals surface area contributed by atoms with Crippen LogP contribution < -0.4 is 5.32 Å². The van der Waals surface area contributed by atoms with Gasteiger partial charge < -0.3 is 10.3 Å². The molecule has 0 saturated carbocycles. The summed E-state index contributed by atoms with van der Waals surface area (Å²) in [5, 5.41) is 4.26. The van der Waals surface area contributed by atoms with Gasteiger partial charge in [-0.25, -0.2) is 14.4 Å². The van der Waals surface area contributed by atoms with Gasteiger partial charge in [-0.2, -0.15) is 0 Å². The number of aromatic amines is 1. The maximum absolute atomic E-state index is 13.2. The van der Waals surface area contributed by atoms with Gasteiger partial charge in [-0.3, -0.25) is 0 Å². The Balaban J connectivity index is 1.76. The first-order chi connectivity index (χ1) is 12.6. The van der Waals surface area contributed by atoms with Crippen LogP contribution in [0.25, 0.3) is 11.0 Å². The maximum Gasteiger partial charge on any atom is 0.143 e. The predicted molar refractivity (Wildman–Crippen MR) is 102 cm³/mol. The number of H-pyrrole nitrogens is 1. The van der Waals surface area contributed by atoms with Crippen molar-refractivity contribution in [3.05, 3.63) is 83.1 Å². The Hall–Kier alpha value is -3.21. The third-order valence-corrected chi connectivity index (χ3v) is 4.45. The second-order valence-electron chi connectivity index (χ2n) is 6.37. The van der Waals surface area contributed by atoms with Crippen molar-refractivity contribution in [1.29, 1.82) is 0 Å². The summed E-state index contributed by atoms with van der Waals surface area (Å²) in [6.07, 6.45) is 0.804. The second-order valence-corrected chi connectivity index (χ2v) is 6.37. The summed E-state index contributed by atoms with van der Waals surface area (Å²) in [7, 11) is 0. The van der Waals surface area contributed by atoms with E-state index in [9.17, 15) is 4.39 Å². The van der Waals surface area contributed by atoms with Crippen molar-refractivity contribution in [2.45, 2.75) is 20.3 Å². The molecule has 0 aliphatic rings. The van der Waals surface area contributed by atoms with Crippen molar-refractivity contribution in [3.8, 4) is 0 Å². The number of nitrogens with one attached hydrogen (secondary N) is 2. The average molecular weight is 346 g/mol. The molecule has 0 amide bonds. The fraction of sp³-hybridized carbons (Fsp3) is 0.143. The molecule has 4 nitrogen and oxygen atoms in total. The highest BCUT2D eigenvalue weighted by atomic mass is 19.1. The summed E-state index contributed by atoms with van der Waals surface area (Å²) in [6, 6.07) is 16.6. The van der Waals surface area contributed by atoms with Crippen molar-refractivity contribution in [2.75, 3.05) is 5.32 Å². The number of hydrogen-bond acceptors (Lipinski definition) is 3. The Morgan fingerprint density at radius 1 is 0.962 bits per heavy atom. The number of benzene rings is 2. The van der Waals surface area contributed by atoms with E-state index in [1.165, 1.54) is 17.7 Å². The highest BCUT2D eigenvalue weighted by Gasteiger charge is 2.15. The normalized spacial score (nSPS) is 11.0. The average Bonchev–Trinajstić information content (AvgIpc) is 2.93. The SMILES string of the molecule is Cc1nc(Nc2ccc(F)cc2)c2c(C)c(Cc3ccccc3)[nH]c2n1. The van der Waals surface area contributed by atoms with E-state index < -0.39 is 0 Å². The Kier molecular flexibility index (Phi) is 4.13. The maximum atomic E-state index is 13.2. The lowest BCUT2D eigenvalue weighted by atomic mass is 10.1. The zero-order chi connectivity index (χ0) is 18.1. The standard InChI is InChI=1S/C21H19FN4/c1-13-18(12-15-6-4-3-5-7-15)26-21-19(13)20(23-14(2)24-21)25-17-10-8-16(22)9-11-17/h3-11H,12H2,1-2H3,(H2,23,24,25,26). The summed E-state index contributed by atoms with van der Waals surface area (Å²) < 4.78 is 13.2. The van der Waals surface area contributed by atoms with Crippen molar-refractivity contribution in [1.82, 2.24) is 15.0 Å². The smallest absolute Gasteiger partial charge is 0.143 e. The van der Waals surface area contributed by atoms with Crippen LogP contribution in [0.1, 0.15) is 22.6 Å². The van der Waals surface area contributed by atoms with Crippen LogP contribution in [0, 0.1) is 19.7 Å². The highest BCUT2D eigenvalue weighted by Crippen LogP contribution is 2.30. The molecular weight excluding hydrogens is 327 g/mol. The first-order valence-corrected chi connectivity index (χ1v) is 8.52. The van der Waals surface area contributed by atoms with E-state index in [0.717, 1.165) is 40.2 Å². The molecule has 4 rings (SSSR count). The van der Waals surface area contributed by atoms with Gasteiger partial charge >= 0.3 is 0 Å². The second kappa shape index (κ2) is 6.59. The first-order valence-electron chi connectivity index (χ1n) is 8.52. The van der Waals surface area contributed by atoms with Gasteiger partial charge in [0.05, 0.1) is 5.39 Å². The van der Waals surface area contributed by atoms with Gasteiger partial charge in [0.25, 0.3) is 0 Å². The van der Waals surface area contributed by atoms with E-state index in [1.807, 2.05) is 25.1 Å². The van der Waals surface area contributed by atoms with E-state index in [0.29, 0.717) is 5.82 Å². The quantitative estimate of drug-likeness (QED) is 0.544.